The Balaban J connectivity index is 2.05. The van der Waals surface area contributed by atoms with Crippen LogP contribution in [0.25, 0.3) is 0 Å². The number of ether oxygens (including phenoxy) is 1. The molecule has 1 atom stereocenters. The first-order valence-electron chi connectivity index (χ1n) is 8.51. The maximum atomic E-state index is 12.3. The van der Waals surface area contributed by atoms with Gasteiger partial charge in [0.05, 0.1) is 10.5 Å². The number of hydrogen-bond donors (Lipinski definition) is 3. The number of esters is 1. The molecule has 1 unspecified atom stereocenters. The van der Waals surface area contributed by atoms with Gasteiger partial charge in [-0.2, -0.15) is 0 Å². The van der Waals surface area contributed by atoms with Crippen LogP contribution in [0.3, 0.4) is 0 Å². The Labute approximate surface area is 168 Å². The lowest BCUT2D eigenvalue weighted by atomic mass is 10.1. The van der Waals surface area contributed by atoms with E-state index in [4.69, 9.17) is 9.88 Å². The molecule has 4 N–H and O–H groups in total. The van der Waals surface area contributed by atoms with Crippen LogP contribution >= 0.6 is 0 Å². The summed E-state index contributed by atoms with van der Waals surface area (Å²) in [7, 11) is -4.04. The molecule has 0 spiro atoms. The Kier molecular flexibility index (Phi) is 6.72. The van der Waals surface area contributed by atoms with Crippen molar-refractivity contribution in [1.29, 1.82) is 0 Å². The van der Waals surface area contributed by atoms with Crippen LogP contribution in [0, 0.1) is 13.8 Å². The number of rotatable bonds is 5. The maximum absolute atomic E-state index is 12.3. The maximum Gasteiger partial charge on any atom is 0.338 e. The third-order valence-electron chi connectivity index (χ3n) is 4.08. The van der Waals surface area contributed by atoms with Gasteiger partial charge in [0.1, 0.15) is 0 Å². The van der Waals surface area contributed by atoms with Crippen LogP contribution in [0.2, 0.25) is 0 Å². The predicted octanol–water partition coefficient (Wildman–Crippen LogP) is 1.84. The van der Waals surface area contributed by atoms with E-state index >= 15 is 0 Å². The fourth-order valence-electron chi connectivity index (χ4n) is 2.42. The summed E-state index contributed by atoms with van der Waals surface area (Å²) in [5.41, 5.74) is 1.33. The van der Waals surface area contributed by atoms with E-state index in [2.05, 4.69) is 10.6 Å². The third-order valence-corrected chi connectivity index (χ3v) is 5.12. The van der Waals surface area contributed by atoms with Gasteiger partial charge in [0.15, 0.2) is 6.10 Å². The standard InChI is InChI=1S/C19H21N3O6S/c1-11-9-14(10-16(12(11)2)29(20,26)27)18(24)28-13(3)17(23)22-19(25)21-15-7-5-4-6-8-15/h4-10,13H,1-3H3,(H2,20,26,27)(H2,21,22,23,25). The minimum atomic E-state index is -4.04. The van der Waals surface area contributed by atoms with E-state index in [1.54, 1.807) is 44.2 Å². The molecule has 0 saturated heterocycles. The molecule has 0 fully saturated rings. The van der Waals surface area contributed by atoms with Crippen molar-refractivity contribution < 1.29 is 27.5 Å². The van der Waals surface area contributed by atoms with E-state index in [9.17, 15) is 22.8 Å². The molecule has 0 bridgehead atoms. The topological polar surface area (TPSA) is 145 Å². The zero-order valence-electron chi connectivity index (χ0n) is 16.1. The van der Waals surface area contributed by atoms with Gasteiger partial charge >= 0.3 is 12.0 Å². The average molecular weight is 419 g/mol. The molecule has 0 heterocycles. The highest BCUT2D eigenvalue weighted by molar-refractivity contribution is 7.89. The molecule has 9 nitrogen and oxygen atoms in total. The number of urea groups is 1. The summed E-state index contributed by atoms with van der Waals surface area (Å²) < 4.78 is 28.4. The summed E-state index contributed by atoms with van der Waals surface area (Å²) in [5, 5.41) is 9.69. The SMILES string of the molecule is Cc1cc(C(=O)OC(C)C(=O)NC(=O)Nc2ccccc2)cc(S(N)(=O)=O)c1C. The second-order valence-electron chi connectivity index (χ2n) is 6.32. The number of hydrogen-bond acceptors (Lipinski definition) is 6. The number of nitrogens with one attached hydrogen (secondary N) is 2. The van der Waals surface area contributed by atoms with Gasteiger partial charge in [-0.1, -0.05) is 18.2 Å². The van der Waals surface area contributed by atoms with E-state index in [1.807, 2.05) is 0 Å². The largest absolute Gasteiger partial charge is 0.449 e. The fraction of sp³-hybridized carbons (Fsp3) is 0.211. The van der Waals surface area contributed by atoms with E-state index in [0.29, 0.717) is 16.8 Å². The molecule has 154 valence electrons. The van der Waals surface area contributed by atoms with E-state index in [0.717, 1.165) is 6.07 Å². The number of primary sulfonamides is 1. The predicted molar refractivity (Wildman–Crippen MR) is 106 cm³/mol. The lowest BCUT2D eigenvalue weighted by Crippen LogP contribution is -2.41. The number of benzene rings is 2. The second-order valence-corrected chi connectivity index (χ2v) is 7.85. The summed E-state index contributed by atoms with van der Waals surface area (Å²) >= 11 is 0. The molecule has 2 aromatic carbocycles. The third kappa shape index (κ3) is 5.87. The molecule has 0 aliphatic heterocycles. The molecule has 2 aromatic rings. The van der Waals surface area contributed by atoms with Crippen molar-refractivity contribution in [2.75, 3.05) is 5.32 Å². The number of sulfonamides is 1. The monoisotopic (exact) mass is 419 g/mol. The zero-order valence-corrected chi connectivity index (χ0v) is 16.9. The van der Waals surface area contributed by atoms with Crippen LogP contribution in [-0.2, 0) is 19.6 Å². The van der Waals surface area contributed by atoms with Gasteiger partial charge in [-0.05, 0) is 56.2 Å². The van der Waals surface area contributed by atoms with E-state index < -0.39 is 34.0 Å². The fourth-order valence-corrected chi connectivity index (χ4v) is 3.30. The Morgan fingerprint density at radius 2 is 1.69 bits per heavy atom. The van der Waals surface area contributed by atoms with Crippen molar-refractivity contribution in [1.82, 2.24) is 5.32 Å². The molecule has 3 amide bonds. The van der Waals surface area contributed by atoms with E-state index in [1.165, 1.54) is 13.0 Å². The number of amides is 3. The molecule has 10 heteroatoms. The van der Waals surface area contributed by atoms with Crippen molar-refractivity contribution in [2.24, 2.45) is 5.14 Å². The Hall–Kier alpha value is -3.24. The van der Waals surface area contributed by atoms with Crippen LogP contribution in [0.1, 0.15) is 28.4 Å². The van der Waals surface area contributed by atoms with Gasteiger partial charge in [0.2, 0.25) is 10.0 Å². The van der Waals surface area contributed by atoms with Gasteiger partial charge in [-0.25, -0.2) is 23.1 Å². The van der Waals surface area contributed by atoms with Gasteiger partial charge in [-0.15, -0.1) is 0 Å². The molecule has 0 saturated carbocycles. The molecule has 0 radical (unpaired) electrons. The number of aryl methyl sites for hydroxylation is 1. The highest BCUT2D eigenvalue weighted by Gasteiger charge is 2.23. The molecule has 0 aliphatic carbocycles. The lowest BCUT2D eigenvalue weighted by molar-refractivity contribution is -0.127. The first-order valence-corrected chi connectivity index (χ1v) is 10.1. The van der Waals surface area contributed by atoms with Gasteiger partial charge < -0.3 is 10.1 Å². The molecule has 29 heavy (non-hydrogen) atoms. The second kappa shape index (κ2) is 8.84. The van der Waals surface area contributed by atoms with Crippen molar-refractivity contribution in [2.45, 2.75) is 31.8 Å². The van der Waals surface area contributed by atoms with Gasteiger partial charge in [-0.3, -0.25) is 10.1 Å². The molecule has 0 aliphatic rings. The minimum absolute atomic E-state index is 0.0782. The summed E-state index contributed by atoms with van der Waals surface area (Å²) in [6.07, 6.45) is -1.30. The molecule has 2 rings (SSSR count). The van der Waals surface area contributed by atoms with Crippen molar-refractivity contribution in [3.05, 3.63) is 59.2 Å². The van der Waals surface area contributed by atoms with Crippen molar-refractivity contribution in [3.8, 4) is 0 Å². The quantitative estimate of drug-likeness (QED) is 0.631. The first kappa shape index (κ1) is 22.1. The Morgan fingerprint density at radius 1 is 1.07 bits per heavy atom. The Bertz CT molecular complexity index is 1050. The lowest BCUT2D eigenvalue weighted by Gasteiger charge is -2.15. The van der Waals surface area contributed by atoms with Crippen LogP contribution in [0.5, 0.6) is 0 Å². The summed E-state index contributed by atoms with van der Waals surface area (Å²) in [4.78, 5) is 36.1. The first-order chi connectivity index (χ1) is 13.5. The number of carbonyl (C=O) groups excluding carboxylic acids is 3. The summed E-state index contributed by atoms with van der Waals surface area (Å²) in [6, 6.07) is 10.2. The Morgan fingerprint density at radius 3 is 2.28 bits per heavy atom. The van der Waals surface area contributed by atoms with Crippen LogP contribution < -0.4 is 15.8 Å². The highest BCUT2D eigenvalue weighted by Crippen LogP contribution is 2.21. The van der Waals surface area contributed by atoms with Gasteiger partial charge in [0, 0.05) is 5.69 Å². The normalized spacial score (nSPS) is 12.0. The number of imide groups is 1. The zero-order chi connectivity index (χ0) is 21.8. The minimum Gasteiger partial charge on any atom is -0.449 e. The van der Waals surface area contributed by atoms with Crippen LogP contribution in [0.4, 0.5) is 10.5 Å². The number of carbonyl (C=O) groups is 3. The summed E-state index contributed by atoms with van der Waals surface area (Å²) in [5.74, 6) is -1.77. The molecule has 0 aromatic heterocycles. The van der Waals surface area contributed by atoms with Crippen LogP contribution in [-0.4, -0.2) is 32.4 Å². The number of nitrogens with two attached hydrogens (primary N) is 1. The highest BCUT2D eigenvalue weighted by atomic mass is 32.2. The molecular formula is C19H21N3O6S. The smallest absolute Gasteiger partial charge is 0.338 e. The van der Waals surface area contributed by atoms with Crippen molar-refractivity contribution >= 4 is 33.6 Å². The number of para-hydroxylation sites is 1. The number of anilines is 1. The average Bonchev–Trinajstić information content (AvgIpc) is 2.63. The van der Waals surface area contributed by atoms with Gasteiger partial charge in [0.25, 0.3) is 5.91 Å². The van der Waals surface area contributed by atoms with E-state index in [-0.39, 0.29) is 10.5 Å². The summed E-state index contributed by atoms with van der Waals surface area (Å²) in [6.45, 7) is 4.46. The van der Waals surface area contributed by atoms with Crippen LogP contribution in [0.15, 0.2) is 47.4 Å². The molecular weight excluding hydrogens is 398 g/mol. The van der Waals surface area contributed by atoms with Crippen molar-refractivity contribution in [3.63, 3.8) is 0 Å².